The summed E-state index contributed by atoms with van der Waals surface area (Å²) >= 11 is 1.67. The number of hydrogen-bond acceptors (Lipinski definition) is 5. The zero-order valence-corrected chi connectivity index (χ0v) is 18.1. The summed E-state index contributed by atoms with van der Waals surface area (Å²) in [6.07, 6.45) is 2.85. The van der Waals surface area contributed by atoms with E-state index in [0.29, 0.717) is 32.8 Å². The molecule has 1 N–H and O–H groups in total. The second-order valence-corrected chi connectivity index (χ2v) is 9.66. The van der Waals surface area contributed by atoms with Crippen LogP contribution >= 0.6 is 11.3 Å². The first-order valence-electron chi connectivity index (χ1n) is 10.7. The summed E-state index contributed by atoms with van der Waals surface area (Å²) in [7, 11) is 2.11. The fraction of sp³-hybridized carbons (Fsp3) is 0.714. The Hall–Kier alpha value is -1.64. The molecule has 29 heavy (non-hydrogen) atoms. The third-order valence-electron chi connectivity index (χ3n) is 6.69. The normalized spacial score (nSPS) is 28.5. The number of carbonyl (C=O) groups excluding carboxylic acids is 2. The van der Waals surface area contributed by atoms with Crippen LogP contribution in [0.5, 0.6) is 0 Å². The lowest BCUT2D eigenvalue weighted by atomic mass is 9.72. The van der Waals surface area contributed by atoms with Crippen LogP contribution in [-0.4, -0.2) is 86.2 Å². The van der Waals surface area contributed by atoms with Gasteiger partial charge in [-0.1, -0.05) is 6.07 Å². The van der Waals surface area contributed by atoms with Gasteiger partial charge in [0.05, 0.1) is 25.7 Å². The van der Waals surface area contributed by atoms with Crippen molar-refractivity contribution in [3.8, 4) is 0 Å². The van der Waals surface area contributed by atoms with Crippen molar-refractivity contribution in [3.05, 3.63) is 22.4 Å². The molecule has 4 rings (SSSR count). The molecule has 1 spiro atoms. The Balaban J connectivity index is 1.40. The highest BCUT2D eigenvalue weighted by atomic mass is 32.1. The van der Waals surface area contributed by atoms with Crippen molar-refractivity contribution >= 4 is 23.3 Å². The first-order chi connectivity index (χ1) is 14.1. The Bertz CT molecular complexity index is 707. The predicted octanol–water partition coefficient (Wildman–Crippen LogP) is 1.85. The van der Waals surface area contributed by atoms with Gasteiger partial charge >= 0.3 is 6.03 Å². The van der Waals surface area contributed by atoms with E-state index in [1.807, 2.05) is 21.2 Å². The lowest BCUT2D eigenvalue weighted by molar-refractivity contribution is -0.128. The number of rotatable bonds is 3. The van der Waals surface area contributed by atoms with E-state index in [-0.39, 0.29) is 23.3 Å². The van der Waals surface area contributed by atoms with Crippen molar-refractivity contribution in [1.29, 1.82) is 0 Å². The van der Waals surface area contributed by atoms with Crippen LogP contribution < -0.4 is 5.32 Å². The van der Waals surface area contributed by atoms with E-state index < -0.39 is 0 Å². The van der Waals surface area contributed by atoms with E-state index in [1.54, 1.807) is 11.3 Å². The molecule has 3 aliphatic heterocycles. The van der Waals surface area contributed by atoms with Crippen LogP contribution in [0.1, 0.15) is 24.1 Å². The van der Waals surface area contributed by atoms with Crippen LogP contribution in [0.3, 0.4) is 0 Å². The van der Waals surface area contributed by atoms with Gasteiger partial charge in [-0.25, -0.2) is 4.79 Å². The van der Waals surface area contributed by atoms with Gasteiger partial charge in [-0.3, -0.25) is 4.79 Å². The second kappa shape index (κ2) is 9.02. The molecule has 0 aliphatic carbocycles. The summed E-state index contributed by atoms with van der Waals surface area (Å²) in [5.74, 6) is 0.154. The number of thiophene rings is 1. The van der Waals surface area contributed by atoms with Gasteiger partial charge in [0.25, 0.3) is 0 Å². The maximum absolute atomic E-state index is 13.1. The molecule has 3 saturated heterocycles. The number of hydrogen-bond donors (Lipinski definition) is 1. The smallest absolute Gasteiger partial charge is 0.320 e. The quantitative estimate of drug-likeness (QED) is 0.811. The summed E-state index contributed by atoms with van der Waals surface area (Å²) < 4.78 is 5.38. The molecule has 2 atom stereocenters. The minimum absolute atomic E-state index is 0.00843. The van der Waals surface area contributed by atoms with Crippen molar-refractivity contribution in [2.24, 2.45) is 11.3 Å². The van der Waals surface area contributed by atoms with Crippen molar-refractivity contribution in [3.63, 3.8) is 0 Å². The van der Waals surface area contributed by atoms with Crippen LogP contribution in [-0.2, 0) is 16.1 Å². The zero-order chi connectivity index (χ0) is 20.3. The third kappa shape index (κ3) is 4.59. The van der Waals surface area contributed by atoms with E-state index >= 15 is 0 Å². The van der Waals surface area contributed by atoms with Crippen LogP contribution in [0.2, 0.25) is 0 Å². The molecule has 4 heterocycles. The summed E-state index contributed by atoms with van der Waals surface area (Å²) in [5, 5.41) is 5.21. The lowest BCUT2D eigenvalue weighted by Crippen LogP contribution is -2.48. The fourth-order valence-electron chi connectivity index (χ4n) is 5.16. The Labute approximate surface area is 177 Å². The van der Waals surface area contributed by atoms with Gasteiger partial charge in [-0.15, -0.1) is 11.3 Å². The topological polar surface area (TPSA) is 65.1 Å². The fourth-order valence-corrected chi connectivity index (χ4v) is 5.80. The van der Waals surface area contributed by atoms with Crippen LogP contribution in [0.4, 0.5) is 4.79 Å². The standard InChI is InChI=1S/C21H32N4O3S/c1-23-15-18(19(26)22-14-17-4-2-13-29-17)21(16-23)5-3-7-24(8-6-21)20(27)25-9-11-28-12-10-25/h2,4,13,18H,3,5-12,14-16H2,1H3,(H,22,26)/t18-,21-/m1/s1. The summed E-state index contributed by atoms with van der Waals surface area (Å²) in [5.41, 5.74) is -0.0334. The maximum Gasteiger partial charge on any atom is 0.320 e. The van der Waals surface area contributed by atoms with Crippen molar-refractivity contribution in [1.82, 2.24) is 20.0 Å². The second-order valence-electron chi connectivity index (χ2n) is 8.63. The zero-order valence-electron chi connectivity index (χ0n) is 17.3. The molecule has 8 heteroatoms. The average molecular weight is 421 g/mol. The lowest BCUT2D eigenvalue weighted by Gasteiger charge is -2.34. The number of nitrogens with one attached hydrogen (secondary N) is 1. The molecule has 3 amide bonds. The number of nitrogens with zero attached hydrogens (tertiary/aromatic N) is 3. The molecular formula is C21H32N4O3S. The Morgan fingerprint density at radius 3 is 2.76 bits per heavy atom. The SMILES string of the molecule is CN1C[C@H](C(=O)NCc2cccs2)[C@@]2(CCCN(C(=O)N3CCOCC3)CC2)C1. The van der Waals surface area contributed by atoms with Crippen LogP contribution in [0.15, 0.2) is 17.5 Å². The summed E-state index contributed by atoms with van der Waals surface area (Å²) in [4.78, 5) is 33.4. The first-order valence-corrected chi connectivity index (χ1v) is 11.6. The third-order valence-corrected chi connectivity index (χ3v) is 7.56. The highest BCUT2D eigenvalue weighted by Gasteiger charge is 2.49. The predicted molar refractivity (Wildman–Crippen MR) is 113 cm³/mol. The van der Waals surface area contributed by atoms with E-state index in [2.05, 4.69) is 23.3 Å². The van der Waals surface area contributed by atoms with Gasteiger partial charge in [-0.05, 0) is 43.2 Å². The monoisotopic (exact) mass is 420 g/mol. The van der Waals surface area contributed by atoms with Gasteiger partial charge < -0.3 is 24.8 Å². The summed E-state index contributed by atoms with van der Waals surface area (Å²) in [6.45, 7) is 6.46. The number of ether oxygens (including phenoxy) is 1. The molecule has 160 valence electrons. The molecule has 0 aromatic carbocycles. The Morgan fingerprint density at radius 2 is 2.00 bits per heavy atom. The maximum atomic E-state index is 13.1. The number of likely N-dealkylation sites (tertiary alicyclic amines) is 2. The Morgan fingerprint density at radius 1 is 1.21 bits per heavy atom. The Kier molecular flexibility index (Phi) is 6.41. The molecule has 1 aromatic heterocycles. The van der Waals surface area contributed by atoms with Crippen LogP contribution in [0, 0.1) is 11.3 Å². The van der Waals surface area contributed by atoms with E-state index in [4.69, 9.17) is 4.74 Å². The largest absolute Gasteiger partial charge is 0.378 e. The molecule has 7 nitrogen and oxygen atoms in total. The number of morpholine rings is 1. The van der Waals surface area contributed by atoms with Gasteiger partial charge in [0.1, 0.15) is 0 Å². The number of carbonyl (C=O) groups is 2. The van der Waals surface area contributed by atoms with Crippen LogP contribution in [0.25, 0.3) is 0 Å². The highest BCUT2D eigenvalue weighted by molar-refractivity contribution is 7.09. The molecular weight excluding hydrogens is 388 g/mol. The van der Waals surface area contributed by atoms with E-state index in [1.165, 1.54) is 4.88 Å². The number of amides is 3. The van der Waals surface area contributed by atoms with Gasteiger partial charge in [-0.2, -0.15) is 0 Å². The molecule has 1 aromatic rings. The molecule has 0 radical (unpaired) electrons. The summed E-state index contributed by atoms with van der Waals surface area (Å²) in [6, 6.07) is 4.21. The minimum atomic E-state index is -0.0334. The molecule has 0 unspecified atom stereocenters. The van der Waals surface area contributed by atoms with Gasteiger partial charge in [0.15, 0.2) is 0 Å². The molecule has 3 aliphatic rings. The van der Waals surface area contributed by atoms with Crippen molar-refractivity contribution < 1.29 is 14.3 Å². The molecule has 3 fully saturated rings. The van der Waals surface area contributed by atoms with E-state index in [9.17, 15) is 9.59 Å². The molecule has 0 saturated carbocycles. The first kappa shape index (κ1) is 20.6. The number of urea groups is 1. The average Bonchev–Trinajstić information content (AvgIpc) is 3.31. The minimum Gasteiger partial charge on any atom is -0.378 e. The van der Waals surface area contributed by atoms with E-state index in [0.717, 1.165) is 45.4 Å². The van der Waals surface area contributed by atoms with Crippen molar-refractivity contribution in [2.75, 3.05) is 59.5 Å². The highest BCUT2D eigenvalue weighted by Crippen LogP contribution is 2.44. The van der Waals surface area contributed by atoms with Gasteiger partial charge in [0, 0.05) is 44.1 Å². The van der Waals surface area contributed by atoms with Crippen molar-refractivity contribution in [2.45, 2.75) is 25.8 Å². The van der Waals surface area contributed by atoms with Gasteiger partial charge in [0.2, 0.25) is 5.91 Å². The molecule has 0 bridgehead atoms.